The van der Waals surface area contributed by atoms with Crippen molar-refractivity contribution in [3.05, 3.63) is 11.3 Å². The molecule has 0 unspecified atom stereocenters. The van der Waals surface area contributed by atoms with Crippen molar-refractivity contribution < 1.29 is 4.74 Å². The molecule has 1 heterocycles. The van der Waals surface area contributed by atoms with Crippen molar-refractivity contribution in [1.82, 2.24) is 9.78 Å². The van der Waals surface area contributed by atoms with Gasteiger partial charge in [-0.05, 0) is 5.41 Å². The maximum absolute atomic E-state index is 6.01. The van der Waals surface area contributed by atoms with Crippen LogP contribution in [0.1, 0.15) is 20.8 Å². The highest BCUT2D eigenvalue weighted by molar-refractivity contribution is 6.31. The van der Waals surface area contributed by atoms with E-state index in [9.17, 15) is 0 Å². The Morgan fingerprint density at radius 1 is 1.54 bits per heavy atom. The van der Waals surface area contributed by atoms with Crippen LogP contribution in [-0.2, 0) is 6.54 Å². The van der Waals surface area contributed by atoms with Crippen molar-refractivity contribution in [3.8, 4) is 5.75 Å². The molecule has 0 atom stereocenters. The Labute approximate surface area is 83.6 Å². The van der Waals surface area contributed by atoms with E-state index < -0.39 is 0 Å². The zero-order chi connectivity index (χ0) is 10.1. The number of aromatic nitrogens is 2. The van der Waals surface area contributed by atoms with Gasteiger partial charge in [0.05, 0.1) is 13.3 Å². The molecular weight excluding hydrogens is 188 g/mol. The van der Waals surface area contributed by atoms with Crippen molar-refractivity contribution in [2.45, 2.75) is 27.3 Å². The minimum absolute atomic E-state index is 0.167. The Balaban J connectivity index is 2.84. The first-order chi connectivity index (χ1) is 5.94. The highest BCUT2D eigenvalue weighted by Crippen LogP contribution is 2.26. The van der Waals surface area contributed by atoms with Gasteiger partial charge in [0.1, 0.15) is 0 Å². The van der Waals surface area contributed by atoms with E-state index in [0.717, 1.165) is 6.54 Å². The molecule has 1 aromatic heterocycles. The van der Waals surface area contributed by atoms with E-state index in [2.05, 4.69) is 25.9 Å². The molecule has 4 heteroatoms. The van der Waals surface area contributed by atoms with E-state index in [4.69, 9.17) is 16.3 Å². The molecule has 0 N–H and O–H groups in total. The lowest BCUT2D eigenvalue weighted by molar-refractivity contribution is 0.324. The summed E-state index contributed by atoms with van der Waals surface area (Å²) in [6.07, 6.45) is 1.63. The van der Waals surface area contributed by atoms with Gasteiger partial charge in [0, 0.05) is 6.54 Å². The van der Waals surface area contributed by atoms with Crippen LogP contribution >= 0.6 is 11.6 Å². The summed E-state index contributed by atoms with van der Waals surface area (Å²) in [5, 5.41) is 4.70. The summed E-state index contributed by atoms with van der Waals surface area (Å²) in [5.74, 6) is 0.630. The van der Waals surface area contributed by atoms with Gasteiger partial charge in [0.15, 0.2) is 10.9 Å². The second kappa shape index (κ2) is 3.58. The molecule has 0 saturated heterocycles. The largest absolute Gasteiger partial charge is 0.492 e. The van der Waals surface area contributed by atoms with Gasteiger partial charge < -0.3 is 4.74 Å². The molecular formula is C9H15ClN2O. The summed E-state index contributed by atoms with van der Waals surface area (Å²) in [7, 11) is 1.59. The second-order valence-corrected chi connectivity index (χ2v) is 4.58. The van der Waals surface area contributed by atoms with Gasteiger partial charge in [-0.25, -0.2) is 4.68 Å². The first-order valence-corrected chi connectivity index (χ1v) is 4.57. The summed E-state index contributed by atoms with van der Waals surface area (Å²) >= 11 is 6.01. The number of ether oxygens (including phenoxy) is 1. The fourth-order valence-corrected chi connectivity index (χ4v) is 1.28. The quantitative estimate of drug-likeness (QED) is 0.737. The summed E-state index contributed by atoms with van der Waals surface area (Å²) in [4.78, 5) is 0. The molecule has 0 amide bonds. The third kappa shape index (κ3) is 2.62. The average Bonchev–Trinajstić information content (AvgIpc) is 2.30. The molecule has 0 bridgehead atoms. The van der Waals surface area contributed by atoms with Crippen LogP contribution in [0, 0.1) is 5.41 Å². The van der Waals surface area contributed by atoms with E-state index >= 15 is 0 Å². The van der Waals surface area contributed by atoms with Crippen molar-refractivity contribution in [3.63, 3.8) is 0 Å². The molecule has 1 aromatic rings. The number of nitrogens with zero attached hydrogens (tertiary/aromatic N) is 2. The summed E-state index contributed by atoms with van der Waals surface area (Å²) in [6.45, 7) is 7.20. The Morgan fingerprint density at radius 3 is 2.54 bits per heavy atom. The first kappa shape index (κ1) is 10.4. The lowest BCUT2D eigenvalue weighted by Crippen LogP contribution is -2.16. The maximum Gasteiger partial charge on any atom is 0.175 e. The van der Waals surface area contributed by atoms with Crippen LogP contribution in [0.3, 0.4) is 0 Å². The number of halogens is 1. The minimum atomic E-state index is 0.167. The summed E-state index contributed by atoms with van der Waals surface area (Å²) in [6, 6.07) is 0. The highest BCUT2D eigenvalue weighted by Gasteiger charge is 2.16. The summed E-state index contributed by atoms with van der Waals surface area (Å²) < 4.78 is 6.78. The number of rotatable bonds is 2. The number of hydrogen-bond acceptors (Lipinski definition) is 2. The van der Waals surface area contributed by atoms with Crippen LogP contribution in [0.15, 0.2) is 6.20 Å². The molecule has 0 aliphatic heterocycles. The lowest BCUT2D eigenvalue weighted by atomic mass is 9.97. The molecule has 0 fully saturated rings. The van der Waals surface area contributed by atoms with Gasteiger partial charge in [-0.3, -0.25) is 0 Å². The second-order valence-electron chi connectivity index (χ2n) is 4.22. The normalized spacial score (nSPS) is 11.8. The lowest BCUT2D eigenvalue weighted by Gasteiger charge is -2.18. The average molecular weight is 203 g/mol. The predicted molar refractivity (Wildman–Crippen MR) is 53.2 cm³/mol. The van der Waals surface area contributed by atoms with E-state index in [1.165, 1.54) is 0 Å². The third-order valence-corrected chi connectivity index (χ3v) is 1.97. The zero-order valence-electron chi connectivity index (χ0n) is 8.47. The van der Waals surface area contributed by atoms with Crippen LogP contribution in [0.4, 0.5) is 0 Å². The van der Waals surface area contributed by atoms with Crippen molar-refractivity contribution >= 4 is 11.6 Å². The van der Waals surface area contributed by atoms with Gasteiger partial charge in [0.25, 0.3) is 0 Å². The Morgan fingerprint density at radius 2 is 2.15 bits per heavy atom. The van der Waals surface area contributed by atoms with Gasteiger partial charge in [-0.15, -0.1) is 0 Å². The molecule has 0 aliphatic carbocycles. The summed E-state index contributed by atoms with van der Waals surface area (Å²) in [5.41, 5.74) is 0.167. The fraction of sp³-hybridized carbons (Fsp3) is 0.667. The van der Waals surface area contributed by atoms with E-state index in [0.29, 0.717) is 10.9 Å². The SMILES string of the molecule is COc1cnn(CC(C)(C)C)c1Cl. The Kier molecular flexibility index (Phi) is 2.86. The molecule has 0 spiro atoms. The Hall–Kier alpha value is -0.700. The molecule has 74 valence electrons. The van der Waals surface area contributed by atoms with E-state index in [-0.39, 0.29) is 5.41 Å². The van der Waals surface area contributed by atoms with Crippen LogP contribution in [0.25, 0.3) is 0 Å². The minimum Gasteiger partial charge on any atom is -0.492 e. The third-order valence-electron chi connectivity index (χ3n) is 1.59. The molecule has 0 aliphatic rings. The van der Waals surface area contributed by atoms with Gasteiger partial charge in [-0.2, -0.15) is 5.10 Å². The number of methoxy groups -OCH3 is 1. The van der Waals surface area contributed by atoms with E-state index in [1.807, 2.05) is 0 Å². The predicted octanol–water partition coefficient (Wildman–Crippen LogP) is 2.59. The van der Waals surface area contributed by atoms with Crippen molar-refractivity contribution in [1.29, 1.82) is 0 Å². The maximum atomic E-state index is 6.01. The molecule has 0 radical (unpaired) electrons. The van der Waals surface area contributed by atoms with Crippen molar-refractivity contribution in [2.75, 3.05) is 7.11 Å². The smallest absolute Gasteiger partial charge is 0.175 e. The van der Waals surface area contributed by atoms with Crippen LogP contribution in [0.5, 0.6) is 5.75 Å². The fourth-order valence-electron chi connectivity index (χ4n) is 1.05. The Bertz CT molecular complexity index is 288. The highest BCUT2D eigenvalue weighted by atomic mass is 35.5. The zero-order valence-corrected chi connectivity index (χ0v) is 9.22. The standard InChI is InChI=1S/C9H15ClN2O/c1-9(2,3)6-12-8(10)7(13-4)5-11-12/h5H,6H2,1-4H3. The van der Waals surface area contributed by atoms with Gasteiger partial charge >= 0.3 is 0 Å². The van der Waals surface area contributed by atoms with E-state index in [1.54, 1.807) is 18.0 Å². The first-order valence-electron chi connectivity index (χ1n) is 4.19. The molecule has 1 rings (SSSR count). The molecule has 13 heavy (non-hydrogen) atoms. The molecule has 3 nitrogen and oxygen atoms in total. The monoisotopic (exact) mass is 202 g/mol. The number of hydrogen-bond donors (Lipinski definition) is 0. The van der Waals surface area contributed by atoms with Crippen LogP contribution in [0.2, 0.25) is 5.15 Å². The van der Waals surface area contributed by atoms with Gasteiger partial charge in [-0.1, -0.05) is 32.4 Å². The molecule has 0 saturated carbocycles. The molecule has 0 aromatic carbocycles. The van der Waals surface area contributed by atoms with Crippen LogP contribution in [-0.4, -0.2) is 16.9 Å². The van der Waals surface area contributed by atoms with Crippen LogP contribution < -0.4 is 4.74 Å². The van der Waals surface area contributed by atoms with Gasteiger partial charge in [0.2, 0.25) is 0 Å². The topological polar surface area (TPSA) is 27.1 Å². The van der Waals surface area contributed by atoms with Crippen molar-refractivity contribution in [2.24, 2.45) is 5.41 Å².